The van der Waals surface area contributed by atoms with Gasteiger partial charge in [-0.05, 0) is 87.9 Å². The molecule has 0 amide bonds. The molecule has 2 fully saturated rings. The van der Waals surface area contributed by atoms with E-state index in [2.05, 4.69) is 34.4 Å². The predicted octanol–water partition coefficient (Wildman–Crippen LogP) is 7.49. The Hall–Kier alpha value is -2.26. The fourth-order valence-electron chi connectivity index (χ4n) is 7.00. The van der Waals surface area contributed by atoms with Crippen LogP contribution in [0.25, 0.3) is 0 Å². The molecule has 9 heteroatoms. The number of aliphatic hydroxyl groups excluding tert-OH is 1. The van der Waals surface area contributed by atoms with E-state index in [1.807, 2.05) is 6.08 Å². The van der Waals surface area contributed by atoms with Crippen molar-refractivity contribution in [3.05, 3.63) is 81.7 Å². The summed E-state index contributed by atoms with van der Waals surface area (Å²) in [6.45, 7) is 7.66. The second kappa shape index (κ2) is 13.4. The van der Waals surface area contributed by atoms with Gasteiger partial charge in [0.25, 0.3) is 0 Å². The van der Waals surface area contributed by atoms with Crippen LogP contribution in [0.1, 0.15) is 69.9 Å². The molecule has 4 unspecified atom stereocenters. The maximum Gasteiger partial charge on any atom is 0.124 e. The summed E-state index contributed by atoms with van der Waals surface area (Å²) < 4.78 is 27.9. The summed E-state index contributed by atoms with van der Waals surface area (Å²) in [4.78, 5) is 12.8. The molecule has 230 valence electrons. The van der Waals surface area contributed by atoms with Gasteiger partial charge in [0.15, 0.2) is 0 Å². The van der Waals surface area contributed by atoms with Gasteiger partial charge in [-0.1, -0.05) is 42.0 Å². The van der Waals surface area contributed by atoms with E-state index in [1.54, 1.807) is 24.8 Å². The molecule has 6 rings (SSSR count). The van der Waals surface area contributed by atoms with Gasteiger partial charge in [0.1, 0.15) is 17.7 Å². The maximum atomic E-state index is 14.2. The van der Waals surface area contributed by atoms with Crippen molar-refractivity contribution < 1.29 is 13.9 Å². The minimum absolute atomic E-state index is 0.00171. The molecule has 0 spiro atoms. The highest BCUT2D eigenvalue weighted by atomic mass is 35.5. The van der Waals surface area contributed by atoms with Crippen LogP contribution in [0.5, 0.6) is 0 Å². The third kappa shape index (κ3) is 6.87. The summed E-state index contributed by atoms with van der Waals surface area (Å²) in [7, 11) is 0. The molecule has 7 atom stereocenters. The number of thioether (sulfide) groups is 1. The fraction of sp³-hybridized carbons (Fsp3) is 0.529. The van der Waals surface area contributed by atoms with Crippen molar-refractivity contribution in [2.24, 2.45) is 15.9 Å². The number of nitrogens with zero attached hydrogens (tertiary/aromatic N) is 3. The summed E-state index contributed by atoms with van der Waals surface area (Å²) in [6, 6.07) is 4.23. The topological polar surface area (TPSA) is 60.2 Å². The smallest absolute Gasteiger partial charge is 0.124 e. The SMILES string of the molecule is C=C1CC=CSC1C1=N[C@@H](c2ccc(F)cc2Cl)C(C2=NC(CCC(C)F)C=C2)=C2C[C@H](NCCC3CC[C@H](O)C3)CN12. The van der Waals surface area contributed by atoms with Crippen LogP contribution in [0.15, 0.2) is 75.2 Å². The third-order valence-electron chi connectivity index (χ3n) is 9.26. The number of halogens is 3. The zero-order valence-electron chi connectivity index (χ0n) is 24.7. The second-order valence-corrected chi connectivity index (χ2v) is 14.0. The lowest BCUT2D eigenvalue weighted by Crippen LogP contribution is -2.42. The number of alkyl halides is 1. The van der Waals surface area contributed by atoms with Crippen molar-refractivity contribution >= 4 is 34.9 Å². The zero-order valence-corrected chi connectivity index (χ0v) is 26.3. The van der Waals surface area contributed by atoms with Crippen LogP contribution in [0.2, 0.25) is 5.02 Å². The highest BCUT2D eigenvalue weighted by Gasteiger charge is 2.43. The minimum atomic E-state index is -0.873. The van der Waals surface area contributed by atoms with Gasteiger partial charge in [0.2, 0.25) is 0 Å². The summed E-state index contributed by atoms with van der Waals surface area (Å²) >= 11 is 8.43. The summed E-state index contributed by atoms with van der Waals surface area (Å²) in [5.74, 6) is 1.14. The minimum Gasteiger partial charge on any atom is -0.393 e. The van der Waals surface area contributed by atoms with Gasteiger partial charge < -0.3 is 15.3 Å². The van der Waals surface area contributed by atoms with Crippen LogP contribution in [0, 0.1) is 11.7 Å². The number of aliphatic imine (C=N–C) groups is 2. The molecule has 2 N–H and O–H groups in total. The first-order valence-corrected chi connectivity index (χ1v) is 16.9. The first kappa shape index (κ1) is 30.8. The van der Waals surface area contributed by atoms with Gasteiger partial charge in [-0.15, -0.1) is 11.8 Å². The number of nitrogens with one attached hydrogen (secondary N) is 1. The number of fused-ring (bicyclic) bond motifs is 1. The number of hydrogen-bond donors (Lipinski definition) is 2. The van der Waals surface area contributed by atoms with Crippen LogP contribution in [-0.4, -0.2) is 64.3 Å². The number of rotatable bonds is 10. The van der Waals surface area contributed by atoms with Crippen molar-refractivity contribution in [3.63, 3.8) is 0 Å². The Morgan fingerprint density at radius 1 is 1.26 bits per heavy atom. The molecule has 4 heterocycles. The number of aliphatic hydroxyl groups is 1. The largest absolute Gasteiger partial charge is 0.393 e. The van der Waals surface area contributed by atoms with E-state index in [1.165, 1.54) is 12.1 Å². The van der Waals surface area contributed by atoms with Gasteiger partial charge in [0, 0.05) is 40.9 Å². The first-order valence-electron chi connectivity index (χ1n) is 15.6. The fourth-order valence-corrected chi connectivity index (χ4v) is 8.24. The molecule has 0 aromatic heterocycles. The van der Waals surface area contributed by atoms with Gasteiger partial charge in [-0.25, -0.2) is 8.78 Å². The van der Waals surface area contributed by atoms with Crippen LogP contribution >= 0.6 is 23.4 Å². The summed E-state index contributed by atoms with van der Waals surface area (Å²) in [5.41, 5.74) is 4.86. The number of benzene rings is 1. The van der Waals surface area contributed by atoms with E-state index in [-0.39, 0.29) is 29.3 Å². The highest BCUT2D eigenvalue weighted by molar-refractivity contribution is 8.03. The van der Waals surface area contributed by atoms with Gasteiger partial charge in [-0.3, -0.25) is 9.98 Å². The Morgan fingerprint density at radius 3 is 2.86 bits per heavy atom. The third-order valence-corrected chi connectivity index (χ3v) is 10.8. The Morgan fingerprint density at radius 2 is 2.12 bits per heavy atom. The highest BCUT2D eigenvalue weighted by Crippen LogP contribution is 2.45. The Balaban J connectivity index is 1.36. The quantitative estimate of drug-likeness (QED) is 0.264. The normalized spacial score (nSPS) is 31.1. The average molecular weight is 627 g/mol. The maximum absolute atomic E-state index is 14.2. The lowest BCUT2D eigenvalue weighted by Gasteiger charge is -2.37. The molecule has 1 aliphatic carbocycles. The molecule has 5 nitrogen and oxygen atoms in total. The molecule has 0 bridgehead atoms. The van der Waals surface area contributed by atoms with Crippen LogP contribution in [0.4, 0.5) is 8.78 Å². The Labute approximate surface area is 263 Å². The standard InChI is InChI=1S/C34H41ClF2N4OS/c1-20-4-3-15-43-33(20)34-40-32(27-11-7-23(37)17-28(27)35)31(29-12-9-24(39-29)8-5-21(2)36)30-18-25(19-41(30)34)38-14-13-22-6-10-26(42)16-22/h3,7,9,11-12,15,17,21-22,24-26,32-33,38,42H,1,4-6,8,10,13-14,16,18-19H2,2H3/t21?,22?,24?,25-,26-,32-,33?/m0/s1. The number of hydrogen-bond acceptors (Lipinski definition) is 6. The van der Waals surface area contributed by atoms with E-state index in [0.29, 0.717) is 23.8 Å². The van der Waals surface area contributed by atoms with Crippen LogP contribution < -0.4 is 5.32 Å². The average Bonchev–Trinajstić information content (AvgIpc) is 3.72. The van der Waals surface area contributed by atoms with Crippen LogP contribution in [0.3, 0.4) is 0 Å². The van der Waals surface area contributed by atoms with E-state index in [4.69, 9.17) is 21.6 Å². The summed E-state index contributed by atoms with van der Waals surface area (Å²) in [6.07, 6.45) is 11.9. The zero-order chi connectivity index (χ0) is 30.1. The summed E-state index contributed by atoms with van der Waals surface area (Å²) in [5, 5.41) is 16.2. The molecule has 0 radical (unpaired) electrons. The van der Waals surface area contributed by atoms with E-state index >= 15 is 0 Å². The van der Waals surface area contributed by atoms with Crippen molar-refractivity contribution in [2.75, 3.05) is 13.1 Å². The molecular weight excluding hydrogens is 586 g/mol. The van der Waals surface area contributed by atoms with Crippen molar-refractivity contribution in [1.29, 1.82) is 0 Å². The number of allylic oxidation sites excluding steroid dienone is 2. The molecule has 1 aromatic rings. The molecule has 1 saturated carbocycles. The molecule has 43 heavy (non-hydrogen) atoms. The van der Waals surface area contributed by atoms with E-state index in [0.717, 1.165) is 85.6 Å². The molecule has 1 aromatic carbocycles. The van der Waals surface area contributed by atoms with E-state index < -0.39 is 12.2 Å². The van der Waals surface area contributed by atoms with Crippen molar-refractivity contribution in [3.8, 4) is 0 Å². The molecule has 1 saturated heterocycles. The Kier molecular flexibility index (Phi) is 9.58. The predicted molar refractivity (Wildman–Crippen MR) is 174 cm³/mol. The first-order chi connectivity index (χ1) is 20.8. The lowest BCUT2D eigenvalue weighted by atomic mass is 9.90. The van der Waals surface area contributed by atoms with Crippen molar-refractivity contribution in [2.45, 2.75) is 93.9 Å². The monoisotopic (exact) mass is 626 g/mol. The molecule has 4 aliphatic heterocycles. The van der Waals surface area contributed by atoms with Gasteiger partial charge in [-0.2, -0.15) is 0 Å². The van der Waals surface area contributed by atoms with Crippen LogP contribution in [-0.2, 0) is 0 Å². The molecule has 5 aliphatic rings. The Bertz CT molecular complexity index is 1390. The van der Waals surface area contributed by atoms with Gasteiger partial charge in [0.05, 0.1) is 29.3 Å². The van der Waals surface area contributed by atoms with Gasteiger partial charge >= 0.3 is 0 Å². The van der Waals surface area contributed by atoms with Crippen molar-refractivity contribution in [1.82, 2.24) is 10.2 Å². The molecular formula is C34H41ClF2N4OS. The number of amidine groups is 1. The van der Waals surface area contributed by atoms with E-state index in [9.17, 15) is 13.9 Å². The second-order valence-electron chi connectivity index (χ2n) is 12.6. The lowest BCUT2D eigenvalue weighted by molar-refractivity contribution is 0.176.